The first kappa shape index (κ1) is 19.1. The van der Waals surface area contributed by atoms with Gasteiger partial charge in [-0.2, -0.15) is 0 Å². The molecule has 0 bridgehead atoms. The monoisotopic (exact) mass is 396 g/mol. The van der Waals surface area contributed by atoms with Gasteiger partial charge in [-0.25, -0.2) is 0 Å². The molecule has 29 heavy (non-hydrogen) atoms. The number of rotatable bonds is 1. The molecule has 1 aromatic rings. The van der Waals surface area contributed by atoms with Crippen LogP contribution in [0.5, 0.6) is 5.75 Å². The van der Waals surface area contributed by atoms with Gasteiger partial charge in [0.25, 0.3) is 0 Å². The highest BCUT2D eigenvalue weighted by molar-refractivity contribution is 5.80. The number of phenols is 1. The van der Waals surface area contributed by atoms with Gasteiger partial charge >= 0.3 is 5.97 Å². The number of aryl methyl sites for hydroxylation is 1. The molecule has 1 aliphatic heterocycles. The van der Waals surface area contributed by atoms with Crippen LogP contribution in [0.15, 0.2) is 12.1 Å². The van der Waals surface area contributed by atoms with E-state index in [2.05, 4.69) is 6.92 Å². The Balaban J connectivity index is 1.48. The number of ether oxygens (including phenoxy) is 1. The summed E-state index contributed by atoms with van der Waals surface area (Å²) in [5.41, 5.74) is 2.26. The highest BCUT2D eigenvalue weighted by Gasteiger charge is 2.65. The summed E-state index contributed by atoms with van der Waals surface area (Å²) in [6.45, 7) is 6.40. The lowest BCUT2D eigenvalue weighted by Crippen LogP contribution is -2.56. The number of carbonyl (C=O) groups is 2. The molecule has 1 heterocycles. The quantitative estimate of drug-likeness (QED) is 0.526. The Morgan fingerprint density at radius 1 is 1.07 bits per heavy atom. The van der Waals surface area contributed by atoms with E-state index in [0.717, 1.165) is 57.7 Å². The van der Waals surface area contributed by atoms with Gasteiger partial charge in [-0.3, -0.25) is 9.59 Å². The molecule has 2 saturated carbocycles. The second-order valence-corrected chi connectivity index (χ2v) is 10.9. The van der Waals surface area contributed by atoms with Crippen molar-refractivity contribution in [2.45, 2.75) is 83.7 Å². The SMILES string of the molecule is CC1(C)CC[C@@]2(CCC3C4CCc5cc(O)c(C=O)cc5C4CCC32C)OC1=O. The number of hydrogen-bond acceptors (Lipinski definition) is 4. The summed E-state index contributed by atoms with van der Waals surface area (Å²) in [4.78, 5) is 24.1. The first-order chi connectivity index (χ1) is 13.7. The molecule has 0 aromatic heterocycles. The first-order valence-electron chi connectivity index (χ1n) is 11.3. The van der Waals surface area contributed by atoms with Gasteiger partial charge in [0.15, 0.2) is 6.29 Å². The molecule has 4 heteroatoms. The summed E-state index contributed by atoms with van der Waals surface area (Å²) in [6, 6.07) is 3.75. The molecule has 0 radical (unpaired) electrons. The predicted octanol–water partition coefficient (Wildman–Crippen LogP) is 5.16. The van der Waals surface area contributed by atoms with E-state index in [9.17, 15) is 14.7 Å². The normalized spacial score (nSPS) is 40.0. The van der Waals surface area contributed by atoms with Gasteiger partial charge in [0.2, 0.25) is 0 Å². The minimum Gasteiger partial charge on any atom is -0.507 e. The van der Waals surface area contributed by atoms with Gasteiger partial charge in [0.1, 0.15) is 11.4 Å². The van der Waals surface area contributed by atoms with Crippen molar-refractivity contribution in [2.24, 2.45) is 22.7 Å². The van der Waals surface area contributed by atoms with Crippen molar-refractivity contribution in [1.82, 2.24) is 0 Å². The number of esters is 1. The van der Waals surface area contributed by atoms with E-state index in [1.165, 1.54) is 11.1 Å². The van der Waals surface area contributed by atoms with Gasteiger partial charge in [0.05, 0.1) is 11.0 Å². The Morgan fingerprint density at radius 2 is 1.86 bits per heavy atom. The molecule has 0 amide bonds. The average Bonchev–Trinajstić information content (AvgIpc) is 2.97. The third-order valence-electron chi connectivity index (χ3n) is 9.28. The van der Waals surface area contributed by atoms with Crippen molar-refractivity contribution in [3.05, 3.63) is 28.8 Å². The average molecular weight is 397 g/mol. The fraction of sp³-hybridized carbons (Fsp3) is 0.680. The number of hydrogen-bond donors (Lipinski definition) is 1. The smallest absolute Gasteiger partial charge is 0.312 e. The van der Waals surface area contributed by atoms with Crippen molar-refractivity contribution in [2.75, 3.05) is 0 Å². The van der Waals surface area contributed by atoms with E-state index in [-0.39, 0.29) is 28.1 Å². The van der Waals surface area contributed by atoms with Crippen LogP contribution in [0.1, 0.15) is 93.1 Å². The van der Waals surface area contributed by atoms with E-state index in [1.54, 1.807) is 0 Å². The first-order valence-corrected chi connectivity index (χ1v) is 11.3. The summed E-state index contributed by atoms with van der Waals surface area (Å²) < 4.78 is 6.31. The molecule has 3 aliphatic carbocycles. The van der Waals surface area contributed by atoms with Crippen LogP contribution >= 0.6 is 0 Å². The summed E-state index contributed by atoms with van der Waals surface area (Å²) in [6.07, 6.45) is 8.96. The molecule has 1 spiro atoms. The standard InChI is InChI=1S/C25H32O4/c1-23(2)10-11-25(29-22(23)28)9-7-20-18-5-4-15-13-21(27)16(14-26)12-19(15)17(18)6-8-24(20,25)3/h12-14,17-18,20,27H,4-11H2,1-3H3/t17?,18?,20?,24?,25-/m1/s1. The van der Waals surface area contributed by atoms with E-state index in [4.69, 9.17) is 4.74 Å². The molecule has 4 unspecified atom stereocenters. The number of phenolic OH excluding ortho intramolecular Hbond substituents is 1. The van der Waals surface area contributed by atoms with Crippen LogP contribution in [-0.2, 0) is 16.0 Å². The molecule has 3 fully saturated rings. The molecule has 1 N–H and O–H groups in total. The van der Waals surface area contributed by atoms with E-state index in [1.807, 2.05) is 26.0 Å². The van der Waals surface area contributed by atoms with E-state index < -0.39 is 0 Å². The minimum absolute atomic E-state index is 0.0205. The largest absolute Gasteiger partial charge is 0.507 e. The van der Waals surface area contributed by atoms with E-state index >= 15 is 0 Å². The van der Waals surface area contributed by atoms with Crippen molar-refractivity contribution in [3.8, 4) is 5.75 Å². The van der Waals surface area contributed by atoms with Crippen LogP contribution in [0.3, 0.4) is 0 Å². The molecular formula is C25H32O4. The van der Waals surface area contributed by atoms with Gasteiger partial charge in [0, 0.05) is 5.41 Å². The third-order valence-corrected chi connectivity index (χ3v) is 9.28. The fourth-order valence-corrected chi connectivity index (χ4v) is 7.37. The fourth-order valence-electron chi connectivity index (χ4n) is 7.37. The van der Waals surface area contributed by atoms with Crippen LogP contribution in [0.2, 0.25) is 0 Å². The van der Waals surface area contributed by atoms with Crippen LogP contribution in [0, 0.1) is 22.7 Å². The Morgan fingerprint density at radius 3 is 2.59 bits per heavy atom. The summed E-state index contributed by atoms with van der Waals surface area (Å²) >= 11 is 0. The zero-order chi connectivity index (χ0) is 20.6. The van der Waals surface area contributed by atoms with Gasteiger partial charge in [-0.1, -0.05) is 6.92 Å². The Bertz CT molecular complexity index is 887. The molecule has 5 rings (SSSR count). The topological polar surface area (TPSA) is 63.6 Å². The summed E-state index contributed by atoms with van der Waals surface area (Å²) in [5, 5.41) is 10.1. The van der Waals surface area contributed by atoms with Gasteiger partial charge in [-0.05, 0) is 106 Å². The molecule has 1 saturated heterocycles. The highest BCUT2D eigenvalue weighted by Crippen LogP contribution is 2.67. The number of carbonyl (C=O) groups excluding carboxylic acids is 2. The van der Waals surface area contributed by atoms with Crippen LogP contribution in [0.25, 0.3) is 0 Å². The van der Waals surface area contributed by atoms with Crippen molar-refractivity contribution in [3.63, 3.8) is 0 Å². The Hall–Kier alpha value is -1.84. The van der Waals surface area contributed by atoms with E-state index in [0.29, 0.717) is 23.3 Å². The lowest BCUT2D eigenvalue weighted by Gasteiger charge is -2.56. The number of benzene rings is 1. The minimum atomic E-state index is -0.367. The zero-order valence-electron chi connectivity index (χ0n) is 17.8. The van der Waals surface area contributed by atoms with Crippen molar-refractivity contribution < 1.29 is 19.4 Å². The lowest BCUT2D eigenvalue weighted by molar-refractivity contribution is -0.206. The Kier molecular flexibility index (Phi) is 4.02. The van der Waals surface area contributed by atoms with Crippen molar-refractivity contribution >= 4 is 12.3 Å². The summed E-state index contributed by atoms with van der Waals surface area (Å²) in [5.74, 6) is 1.65. The molecule has 5 atom stereocenters. The van der Waals surface area contributed by atoms with Crippen LogP contribution in [-0.4, -0.2) is 23.0 Å². The number of aromatic hydroxyl groups is 1. The van der Waals surface area contributed by atoms with Crippen molar-refractivity contribution in [1.29, 1.82) is 0 Å². The number of aldehydes is 1. The molecule has 4 aliphatic rings. The maximum absolute atomic E-state index is 12.8. The number of fused-ring (bicyclic) bond motifs is 6. The van der Waals surface area contributed by atoms with Crippen LogP contribution < -0.4 is 0 Å². The maximum Gasteiger partial charge on any atom is 0.312 e. The molecular weight excluding hydrogens is 364 g/mol. The van der Waals surface area contributed by atoms with Gasteiger partial charge in [-0.15, -0.1) is 0 Å². The zero-order valence-corrected chi connectivity index (χ0v) is 17.8. The third kappa shape index (κ3) is 2.50. The van der Waals surface area contributed by atoms with Crippen LogP contribution in [0.4, 0.5) is 0 Å². The molecule has 156 valence electrons. The Labute approximate surface area is 173 Å². The maximum atomic E-state index is 12.8. The molecule has 4 nitrogen and oxygen atoms in total. The lowest BCUT2D eigenvalue weighted by atomic mass is 9.52. The molecule has 1 aromatic carbocycles. The highest BCUT2D eigenvalue weighted by atomic mass is 16.6. The summed E-state index contributed by atoms with van der Waals surface area (Å²) in [7, 11) is 0. The predicted molar refractivity (Wildman–Crippen MR) is 110 cm³/mol. The van der Waals surface area contributed by atoms with Gasteiger partial charge < -0.3 is 9.84 Å². The second kappa shape index (κ2) is 6.09. The second-order valence-electron chi connectivity index (χ2n) is 10.9.